The molecule has 4 heteroatoms. The zero-order chi connectivity index (χ0) is 44.3. The zero-order valence-electron chi connectivity index (χ0n) is 39.2. The summed E-state index contributed by atoms with van der Waals surface area (Å²) in [6.45, 7) is 23.9. The molecule has 0 spiro atoms. The van der Waals surface area contributed by atoms with Gasteiger partial charge in [-0.15, -0.1) is 0 Å². The van der Waals surface area contributed by atoms with Crippen LogP contribution in [0.1, 0.15) is 151 Å². The van der Waals surface area contributed by atoms with E-state index < -0.39 is 0 Å². The van der Waals surface area contributed by atoms with Gasteiger partial charge in [-0.3, -0.25) is 0 Å². The summed E-state index contributed by atoms with van der Waals surface area (Å²) < 4.78 is 32.4. The average molecular weight is 834 g/mol. The third-order valence-corrected chi connectivity index (χ3v) is 16.1. The molecule has 4 aliphatic rings. The van der Waals surface area contributed by atoms with Crippen molar-refractivity contribution in [2.45, 2.75) is 151 Å². The van der Waals surface area contributed by atoms with Crippen molar-refractivity contribution < 1.29 is 13.9 Å². The van der Waals surface area contributed by atoms with Crippen LogP contribution in [0.25, 0.3) is 44.8 Å². The first-order valence-corrected chi connectivity index (χ1v) is 23.5. The van der Waals surface area contributed by atoms with Crippen LogP contribution in [0.5, 0.6) is 5.75 Å². The SMILES string of the molecule is CCC1(C)CC2(C)CC(C)(C)CC(c3cc(F)cc(-c4ccccc4-c4cccc(-c5ccccc5-c5cc(F)cc(C67CC(C)(C)CC(C)(CC(C)(C)C6)C7)c5)n4)c3O)(C1)C2. The molecule has 4 fully saturated rings. The van der Waals surface area contributed by atoms with Gasteiger partial charge in [-0.2, -0.15) is 0 Å². The molecule has 62 heavy (non-hydrogen) atoms. The third-order valence-electron chi connectivity index (χ3n) is 16.1. The van der Waals surface area contributed by atoms with Gasteiger partial charge >= 0.3 is 0 Å². The molecular formula is C58H69F2NO. The van der Waals surface area contributed by atoms with Crippen LogP contribution in [0, 0.1) is 44.1 Å². The van der Waals surface area contributed by atoms with E-state index in [9.17, 15) is 5.11 Å². The third kappa shape index (κ3) is 7.74. The molecule has 0 amide bonds. The molecule has 5 aromatic rings. The summed E-state index contributed by atoms with van der Waals surface area (Å²) in [6.07, 6.45) is 11.7. The molecule has 3 unspecified atom stereocenters. The second-order valence-corrected chi connectivity index (χ2v) is 24.7. The Kier molecular flexibility index (Phi) is 9.94. The smallest absolute Gasteiger partial charge is 0.127 e. The van der Waals surface area contributed by atoms with Gasteiger partial charge < -0.3 is 5.11 Å². The molecule has 4 aliphatic carbocycles. The second kappa shape index (κ2) is 14.3. The van der Waals surface area contributed by atoms with Crippen molar-refractivity contribution in [2.24, 2.45) is 32.5 Å². The molecule has 4 bridgehead atoms. The minimum absolute atomic E-state index is 0.0628. The van der Waals surface area contributed by atoms with Crippen molar-refractivity contribution in [1.29, 1.82) is 0 Å². The van der Waals surface area contributed by atoms with Crippen LogP contribution in [0.4, 0.5) is 8.78 Å². The van der Waals surface area contributed by atoms with Gasteiger partial charge in [0.2, 0.25) is 0 Å². The van der Waals surface area contributed by atoms with E-state index in [-0.39, 0.29) is 60.7 Å². The molecule has 9 rings (SSSR count). The predicted octanol–water partition coefficient (Wildman–Crippen LogP) is 16.7. The number of phenols is 1. The highest BCUT2D eigenvalue weighted by molar-refractivity contribution is 5.88. The Hall–Kier alpha value is -4.31. The second-order valence-electron chi connectivity index (χ2n) is 24.7. The lowest BCUT2D eigenvalue weighted by Crippen LogP contribution is -2.53. The first-order valence-electron chi connectivity index (χ1n) is 23.5. The minimum Gasteiger partial charge on any atom is -0.507 e. The van der Waals surface area contributed by atoms with Crippen molar-refractivity contribution in [1.82, 2.24) is 4.98 Å². The molecule has 2 nitrogen and oxygen atoms in total. The van der Waals surface area contributed by atoms with Crippen molar-refractivity contribution in [2.75, 3.05) is 0 Å². The summed E-state index contributed by atoms with van der Waals surface area (Å²) in [5.74, 6) is -0.340. The van der Waals surface area contributed by atoms with E-state index in [1.165, 1.54) is 18.9 Å². The highest BCUT2D eigenvalue weighted by atomic mass is 19.1. The standard InChI is InChI=1S/C58H69F2NO/c1-11-54(8)34-56(10)30-53(6,7)33-58(35-54,37-56)47-27-41(60)26-46(50(47)62)43-18-13-15-20-45(43)49-22-16-21-48(61-49)44-19-14-12-17-42(44)38-23-39(25-40(59)24-38)57-31-51(2,3)28-55(9,36-57)29-52(4,5)32-57/h12-27,62H,11,28-37H2,1-10H3. The fourth-order valence-electron chi connectivity index (χ4n) is 16.4. The lowest BCUT2D eigenvalue weighted by molar-refractivity contribution is -0.0694. The minimum atomic E-state index is -0.340. The summed E-state index contributed by atoms with van der Waals surface area (Å²) in [5.41, 5.74) is 8.55. The maximum atomic E-state index is 16.2. The summed E-state index contributed by atoms with van der Waals surface area (Å²) >= 11 is 0. The number of fused-ring (bicyclic) bond motifs is 4. The highest BCUT2D eigenvalue weighted by Gasteiger charge is 2.59. The van der Waals surface area contributed by atoms with E-state index in [2.05, 4.69) is 87.4 Å². The molecule has 0 radical (unpaired) electrons. The predicted molar refractivity (Wildman–Crippen MR) is 253 cm³/mol. The van der Waals surface area contributed by atoms with E-state index in [0.29, 0.717) is 5.56 Å². The molecular weight excluding hydrogens is 765 g/mol. The largest absolute Gasteiger partial charge is 0.507 e. The lowest BCUT2D eigenvalue weighted by atomic mass is 9.42. The van der Waals surface area contributed by atoms with E-state index in [0.717, 1.165) is 108 Å². The number of hydrogen-bond donors (Lipinski definition) is 1. The van der Waals surface area contributed by atoms with Crippen LogP contribution < -0.4 is 0 Å². The monoisotopic (exact) mass is 834 g/mol. The zero-order valence-corrected chi connectivity index (χ0v) is 39.2. The highest BCUT2D eigenvalue weighted by Crippen LogP contribution is 2.68. The van der Waals surface area contributed by atoms with Crippen LogP contribution in [-0.2, 0) is 10.8 Å². The van der Waals surface area contributed by atoms with Crippen LogP contribution >= 0.6 is 0 Å². The maximum Gasteiger partial charge on any atom is 0.127 e. The van der Waals surface area contributed by atoms with Crippen LogP contribution in [0.2, 0.25) is 0 Å². The van der Waals surface area contributed by atoms with E-state index in [4.69, 9.17) is 4.98 Å². The number of rotatable bonds is 7. The van der Waals surface area contributed by atoms with Crippen LogP contribution in [-0.4, -0.2) is 10.1 Å². The fourth-order valence-corrected chi connectivity index (χ4v) is 16.4. The van der Waals surface area contributed by atoms with Crippen molar-refractivity contribution in [3.63, 3.8) is 0 Å². The molecule has 1 aromatic heterocycles. The van der Waals surface area contributed by atoms with Gasteiger partial charge in [0.25, 0.3) is 0 Å². The van der Waals surface area contributed by atoms with Crippen LogP contribution in [0.15, 0.2) is 97.1 Å². The molecule has 0 aliphatic heterocycles. The van der Waals surface area contributed by atoms with Gasteiger partial charge in [0, 0.05) is 27.7 Å². The van der Waals surface area contributed by atoms with Crippen molar-refractivity contribution in [3.05, 3.63) is 120 Å². The Bertz CT molecular complexity index is 2540. The Labute approximate surface area is 371 Å². The average Bonchev–Trinajstić information content (AvgIpc) is 3.15. The van der Waals surface area contributed by atoms with Gasteiger partial charge in [0.1, 0.15) is 17.4 Å². The Morgan fingerprint density at radius 2 is 0.984 bits per heavy atom. The number of hydrogen-bond acceptors (Lipinski definition) is 2. The Balaban J connectivity index is 1.12. The van der Waals surface area contributed by atoms with Crippen LogP contribution in [0.3, 0.4) is 0 Å². The molecule has 1 N–H and O–H groups in total. The molecule has 326 valence electrons. The molecule has 4 aromatic carbocycles. The van der Waals surface area contributed by atoms with E-state index in [1.807, 2.05) is 60.7 Å². The number of nitrogens with zero attached hydrogens (tertiary/aromatic N) is 1. The van der Waals surface area contributed by atoms with E-state index >= 15 is 8.78 Å². The summed E-state index contributed by atoms with van der Waals surface area (Å²) in [6, 6.07) is 31.1. The maximum absolute atomic E-state index is 16.2. The number of pyridine rings is 1. The topological polar surface area (TPSA) is 33.1 Å². The Morgan fingerprint density at radius 3 is 1.58 bits per heavy atom. The number of halogens is 2. The summed E-state index contributed by atoms with van der Waals surface area (Å²) in [4.78, 5) is 5.32. The number of benzene rings is 4. The van der Waals surface area contributed by atoms with Gasteiger partial charge in [-0.1, -0.05) is 136 Å². The Morgan fingerprint density at radius 1 is 0.484 bits per heavy atom. The van der Waals surface area contributed by atoms with Gasteiger partial charge in [-0.05, 0) is 161 Å². The first kappa shape index (κ1) is 43.0. The molecule has 4 saturated carbocycles. The summed E-state index contributed by atoms with van der Waals surface area (Å²) in [7, 11) is 0. The first-order chi connectivity index (χ1) is 29.0. The molecule has 1 heterocycles. The van der Waals surface area contributed by atoms with Gasteiger partial charge in [0.05, 0.1) is 11.4 Å². The normalized spacial score (nSPS) is 30.8. The molecule has 0 saturated heterocycles. The van der Waals surface area contributed by atoms with Gasteiger partial charge in [0.15, 0.2) is 0 Å². The van der Waals surface area contributed by atoms with Crippen molar-refractivity contribution in [3.8, 4) is 50.5 Å². The molecule has 3 atom stereocenters. The summed E-state index contributed by atoms with van der Waals surface area (Å²) in [5, 5.41) is 12.5. The van der Waals surface area contributed by atoms with Crippen molar-refractivity contribution >= 4 is 0 Å². The quantitative estimate of drug-likeness (QED) is 0.177. The van der Waals surface area contributed by atoms with E-state index in [1.54, 1.807) is 12.1 Å². The van der Waals surface area contributed by atoms with Gasteiger partial charge in [-0.25, -0.2) is 13.8 Å². The fraction of sp³-hybridized carbons (Fsp3) is 0.500. The number of aromatic hydroxyl groups is 1. The number of aromatic nitrogens is 1. The lowest BCUT2D eigenvalue weighted by Gasteiger charge is -2.62. The number of phenolic OH excluding ortho intramolecular Hbond substituents is 1.